The summed E-state index contributed by atoms with van der Waals surface area (Å²) in [7, 11) is 0. The van der Waals surface area contributed by atoms with Crippen LogP contribution in [0, 0.1) is 23.3 Å². The summed E-state index contributed by atoms with van der Waals surface area (Å²) in [5.74, 6) is -8.26. The largest absolute Gasteiger partial charge is 0.468 e. The molecule has 3 rings (SSSR count). The molecule has 158 valence electrons. The minimum atomic E-state index is -4.87. The Bertz CT molecular complexity index is 1100. The molecule has 0 bridgehead atoms. The average Bonchev–Trinajstić information content (AvgIpc) is 3.05. The van der Waals surface area contributed by atoms with Crippen LogP contribution in [0.2, 0.25) is 0 Å². The van der Waals surface area contributed by atoms with Crippen molar-refractivity contribution in [1.82, 2.24) is 4.98 Å². The van der Waals surface area contributed by atoms with Crippen molar-refractivity contribution in [2.45, 2.75) is 19.5 Å². The van der Waals surface area contributed by atoms with E-state index in [2.05, 4.69) is 9.40 Å². The number of alkyl halides is 3. The Morgan fingerprint density at radius 1 is 1.03 bits per heavy atom. The first kappa shape index (κ1) is 21.3. The third-order valence-electron chi connectivity index (χ3n) is 3.98. The molecule has 2 aromatic carbocycles. The van der Waals surface area contributed by atoms with Gasteiger partial charge in [0.15, 0.2) is 0 Å². The Balaban J connectivity index is 1.92. The third-order valence-corrected chi connectivity index (χ3v) is 3.98. The molecule has 0 aliphatic carbocycles. The number of amides is 1. The number of nitrogens with zero attached hydrogens (tertiary/aromatic N) is 1. The minimum Gasteiger partial charge on any atom is -0.437 e. The van der Waals surface area contributed by atoms with Crippen LogP contribution in [-0.4, -0.2) is 10.9 Å². The Hall–Kier alpha value is -3.37. The van der Waals surface area contributed by atoms with E-state index < -0.39 is 46.8 Å². The van der Waals surface area contributed by atoms with E-state index in [1.165, 1.54) is 6.92 Å². The normalized spacial score (nSPS) is 11.6. The van der Waals surface area contributed by atoms with E-state index >= 15 is 0 Å². The predicted molar refractivity (Wildman–Crippen MR) is 90.5 cm³/mol. The molecular weight excluding hydrogens is 421 g/mol. The fourth-order valence-electron chi connectivity index (χ4n) is 2.66. The lowest BCUT2D eigenvalue weighted by Crippen LogP contribution is -2.16. The van der Waals surface area contributed by atoms with Crippen LogP contribution in [0.15, 0.2) is 34.7 Å². The quantitative estimate of drug-likeness (QED) is 0.536. The molecule has 0 radical (unpaired) electrons. The van der Waals surface area contributed by atoms with Gasteiger partial charge in [-0.25, -0.2) is 22.5 Å². The summed E-state index contributed by atoms with van der Waals surface area (Å²) in [5, 5.41) is 2.03. The molecule has 1 heterocycles. The smallest absolute Gasteiger partial charge is 0.437 e. The number of hydrogen-bond donors (Lipinski definition) is 1. The fraction of sp³-hybridized carbons (Fsp3) is 0.158. The maximum Gasteiger partial charge on any atom is 0.468 e. The molecule has 0 unspecified atom stereocenters. The maximum absolute atomic E-state index is 14.5. The molecule has 1 N–H and O–H groups in total. The van der Waals surface area contributed by atoms with Crippen LogP contribution < -0.4 is 5.32 Å². The summed E-state index contributed by atoms with van der Waals surface area (Å²) in [6.07, 6.45) is -4.87. The van der Waals surface area contributed by atoms with Gasteiger partial charge in [0.2, 0.25) is 0 Å². The van der Waals surface area contributed by atoms with Gasteiger partial charge in [-0.1, -0.05) is 6.92 Å². The lowest BCUT2D eigenvalue weighted by atomic mass is 10.1. The van der Waals surface area contributed by atoms with Crippen LogP contribution in [0.25, 0.3) is 11.3 Å². The number of carbonyl (C=O) groups excluding carboxylic acids is 1. The predicted octanol–water partition coefficient (Wildman–Crippen LogP) is 5.73. The van der Waals surface area contributed by atoms with Crippen molar-refractivity contribution in [3.63, 3.8) is 0 Å². The monoisotopic (exact) mass is 432 g/mol. The van der Waals surface area contributed by atoms with Crippen molar-refractivity contribution >= 4 is 11.6 Å². The first-order valence-electron chi connectivity index (χ1n) is 8.34. The first-order chi connectivity index (χ1) is 14.0. The molecule has 0 aliphatic rings. The van der Waals surface area contributed by atoms with Gasteiger partial charge in [-0.2, -0.15) is 13.2 Å². The van der Waals surface area contributed by atoms with Crippen LogP contribution in [0.4, 0.5) is 36.4 Å². The highest BCUT2D eigenvalue weighted by molar-refractivity contribution is 6.04. The number of rotatable bonds is 4. The van der Waals surface area contributed by atoms with Crippen molar-refractivity contribution in [2.75, 3.05) is 5.32 Å². The molecule has 0 aliphatic heterocycles. The van der Waals surface area contributed by atoms with Crippen molar-refractivity contribution in [3.8, 4) is 11.3 Å². The van der Waals surface area contributed by atoms with Crippen LogP contribution >= 0.6 is 0 Å². The van der Waals surface area contributed by atoms with E-state index in [-0.39, 0.29) is 29.1 Å². The van der Waals surface area contributed by atoms with Gasteiger partial charge in [-0.05, 0) is 18.2 Å². The molecule has 4 nitrogen and oxygen atoms in total. The van der Waals surface area contributed by atoms with Crippen molar-refractivity contribution in [3.05, 3.63) is 70.8 Å². The standard InChI is InChI=1S/C19H11F7N2O2/c1-2-14-16(28-18(30-14)19(24,25)26)10-4-3-9(7-11(10)21)27-17(29)15-12(22)5-8(20)6-13(15)23/h3-7H,2H2,1H3,(H,27,29). The summed E-state index contributed by atoms with van der Waals surface area (Å²) in [5.41, 5.74) is -2.03. The van der Waals surface area contributed by atoms with Crippen LogP contribution in [-0.2, 0) is 12.6 Å². The summed E-state index contributed by atoms with van der Waals surface area (Å²) < 4.78 is 97.9. The number of aromatic nitrogens is 1. The summed E-state index contributed by atoms with van der Waals surface area (Å²) in [6.45, 7) is 1.49. The second-order valence-electron chi connectivity index (χ2n) is 6.04. The van der Waals surface area contributed by atoms with E-state index in [1.54, 1.807) is 0 Å². The minimum absolute atomic E-state index is 0.000535. The summed E-state index contributed by atoms with van der Waals surface area (Å²) >= 11 is 0. The third kappa shape index (κ3) is 4.14. The van der Waals surface area contributed by atoms with Crippen LogP contribution in [0.5, 0.6) is 0 Å². The molecule has 0 spiro atoms. The fourth-order valence-corrected chi connectivity index (χ4v) is 2.66. The van der Waals surface area contributed by atoms with Gasteiger partial charge in [-0.15, -0.1) is 0 Å². The average molecular weight is 432 g/mol. The topological polar surface area (TPSA) is 55.1 Å². The molecule has 0 atom stereocenters. The molecule has 0 saturated carbocycles. The zero-order valence-electron chi connectivity index (χ0n) is 15.0. The van der Waals surface area contributed by atoms with E-state index in [9.17, 15) is 35.5 Å². The number of hydrogen-bond acceptors (Lipinski definition) is 3. The number of carbonyl (C=O) groups is 1. The molecule has 11 heteroatoms. The van der Waals surface area contributed by atoms with E-state index in [0.717, 1.165) is 18.2 Å². The Kier molecular flexibility index (Phi) is 5.55. The molecule has 0 saturated heterocycles. The Morgan fingerprint density at radius 2 is 1.67 bits per heavy atom. The Labute approximate surface area is 164 Å². The maximum atomic E-state index is 14.5. The van der Waals surface area contributed by atoms with Gasteiger partial charge in [-0.3, -0.25) is 4.79 Å². The van der Waals surface area contributed by atoms with Gasteiger partial charge in [0, 0.05) is 29.8 Å². The number of benzene rings is 2. The van der Waals surface area contributed by atoms with Gasteiger partial charge >= 0.3 is 12.1 Å². The number of nitrogens with one attached hydrogen (secondary N) is 1. The second-order valence-corrected chi connectivity index (χ2v) is 6.04. The van der Waals surface area contributed by atoms with Crippen LogP contribution in [0.3, 0.4) is 0 Å². The first-order valence-corrected chi connectivity index (χ1v) is 8.34. The number of halogens is 7. The SMILES string of the molecule is CCc1oc(C(F)(F)F)nc1-c1ccc(NC(=O)c2c(F)cc(F)cc2F)cc1F. The summed E-state index contributed by atoms with van der Waals surface area (Å²) in [6, 6.07) is 3.46. The lowest BCUT2D eigenvalue weighted by Gasteiger charge is -2.09. The molecular formula is C19H11F7N2O2. The Morgan fingerprint density at radius 3 is 2.20 bits per heavy atom. The highest BCUT2D eigenvalue weighted by Crippen LogP contribution is 2.35. The lowest BCUT2D eigenvalue weighted by molar-refractivity contribution is -0.157. The zero-order valence-corrected chi connectivity index (χ0v) is 15.0. The number of aryl methyl sites for hydroxylation is 1. The van der Waals surface area contributed by atoms with Crippen LogP contribution in [0.1, 0.15) is 28.9 Å². The molecule has 30 heavy (non-hydrogen) atoms. The van der Waals surface area contributed by atoms with Crippen molar-refractivity contribution in [1.29, 1.82) is 0 Å². The summed E-state index contributed by atoms with van der Waals surface area (Å²) in [4.78, 5) is 15.4. The molecule has 3 aromatic rings. The van der Waals surface area contributed by atoms with E-state index in [1.807, 2.05) is 5.32 Å². The van der Waals surface area contributed by atoms with Gasteiger partial charge in [0.1, 0.15) is 40.3 Å². The van der Waals surface area contributed by atoms with E-state index in [0.29, 0.717) is 12.1 Å². The second kappa shape index (κ2) is 7.81. The van der Waals surface area contributed by atoms with E-state index in [4.69, 9.17) is 0 Å². The van der Waals surface area contributed by atoms with Gasteiger partial charge in [0.05, 0.1) is 0 Å². The van der Waals surface area contributed by atoms with Crippen molar-refractivity contribution < 1.29 is 39.9 Å². The highest BCUT2D eigenvalue weighted by atomic mass is 19.4. The molecule has 1 aromatic heterocycles. The zero-order chi connectivity index (χ0) is 22.2. The highest BCUT2D eigenvalue weighted by Gasteiger charge is 2.38. The van der Waals surface area contributed by atoms with Crippen molar-refractivity contribution in [2.24, 2.45) is 0 Å². The number of oxazole rings is 1. The molecule has 1 amide bonds. The van der Waals surface area contributed by atoms with Gasteiger partial charge < -0.3 is 9.73 Å². The van der Waals surface area contributed by atoms with Gasteiger partial charge in [0.25, 0.3) is 5.91 Å². The molecule has 0 fully saturated rings. The number of anilines is 1.